The second-order valence-electron chi connectivity index (χ2n) is 7.50. The fraction of sp³-hybridized carbons (Fsp3) is 0.217. The molecule has 3 nitrogen and oxygen atoms in total. The van der Waals surface area contributed by atoms with Gasteiger partial charge in [-0.05, 0) is 23.3 Å². The Balaban J connectivity index is 1.55. The van der Waals surface area contributed by atoms with E-state index in [4.69, 9.17) is 11.6 Å². The predicted octanol–water partition coefficient (Wildman–Crippen LogP) is 4.35. The third kappa shape index (κ3) is 2.35. The SMILES string of the molecule is O=C1[C@@H]2[C@@H](c3ccccc3)C3C=CC2(C=C3)C(=O)N1Cc1ccc(Cl)cc1. The minimum atomic E-state index is -0.848. The molecule has 0 saturated carbocycles. The van der Waals surface area contributed by atoms with E-state index in [0.717, 1.165) is 11.1 Å². The molecule has 1 heterocycles. The van der Waals surface area contributed by atoms with E-state index in [1.807, 2.05) is 42.5 Å². The molecule has 2 bridgehead atoms. The van der Waals surface area contributed by atoms with E-state index in [9.17, 15) is 9.59 Å². The van der Waals surface area contributed by atoms with Gasteiger partial charge >= 0.3 is 0 Å². The van der Waals surface area contributed by atoms with E-state index in [-0.39, 0.29) is 36.1 Å². The van der Waals surface area contributed by atoms with Gasteiger partial charge in [0.15, 0.2) is 0 Å². The van der Waals surface area contributed by atoms with E-state index in [1.165, 1.54) is 4.90 Å². The van der Waals surface area contributed by atoms with Gasteiger partial charge in [-0.2, -0.15) is 0 Å². The maximum atomic E-state index is 13.4. The zero-order valence-electron chi connectivity index (χ0n) is 14.6. The summed E-state index contributed by atoms with van der Waals surface area (Å²) in [6.07, 6.45) is 8.07. The number of allylic oxidation sites excluding steroid dienone is 2. The molecule has 2 aromatic carbocycles. The van der Waals surface area contributed by atoms with E-state index in [1.54, 1.807) is 12.1 Å². The third-order valence-corrected chi connectivity index (χ3v) is 6.31. The van der Waals surface area contributed by atoms with Crippen molar-refractivity contribution < 1.29 is 9.59 Å². The maximum Gasteiger partial charge on any atom is 0.244 e. The lowest BCUT2D eigenvalue weighted by Gasteiger charge is -2.42. The lowest BCUT2D eigenvalue weighted by molar-refractivity contribution is -0.141. The van der Waals surface area contributed by atoms with Gasteiger partial charge in [0.1, 0.15) is 0 Å². The lowest BCUT2D eigenvalue weighted by Crippen LogP contribution is -2.42. The second kappa shape index (κ2) is 5.93. The van der Waals surface area contributed by atoms with Crippen LogP contribution in [0.2, 0.25) is 5.02 Å². The Morgan fingerprint density at radius 1 is 0.926 bits per heavy atom. The van der Waals surface area contributed by atoms with Crippen LogP contribution in [-0.2, 0) is 16.1 Å². The number of imide groups is 1. The summed E-state index contributed by atoms with van der Waals surface area (Å²) in [7, 11) is 0. The van der Waals surface area contributed by atoms with Gasteiger partial charge < -0.3 is 0 Å². The molecule has 4 aliphatic rings. The van der Waals surface area contributed by atoms with Crippen LogP contribution in [0.5, 0.6) is 0 Å². The summed E-state index contributed by atoms with van der Waals surface area (Å²) in [5, 5.41) is 0.638. The average molecular weight is 376 g/mol. The summed E-state index contributed by atoms with van der Waals surface area (Å²) < 4.78 is 0. The minimum Gasteiger partial charge on any atom is -0.277 e. The first-order valence-corrected chi connectivity index (χ1v) is 9.52. The van der Waals surface area contributed by atoms with E-state index < -0.39 is 5.41 Å². The number of amides is 2. The summed E-state index contributed by atoms with van der Waals surface area (Å²) in [6, 6.07) is 17.4. The van der Waals surface area contributed by atoms with Crippen molar-refractivity contribution in [1.82, 2.24) is 4.90 Å². The number of benzene rings is 2. The van der Waals surface area contributed by atoms with Crippen molar-refractivity contribution in [3.8, 4) is 0 Å². The van der Waals surface area contributed by atoms with Crippen LogP contribution in [0.4, 0.5) is 0 Å². The van der Waals surface area contributed by atoms with Crippen LogP contribution in [0.25, 0.3) is 0 Å². The Morgan fingerprint density at radius 2 is 1.59 bits per heavy atom. The Hall–Kier alpha value is -2.65. The smallest absolute Gasteiger partial charge is 0.244 e. The van der Waals surface area contributed by atoms with Gasteiger partial charge in [-0.15, -0.1) is 0 Å². The molecule has 0 aromatic heterocycles. The molecular formula is C23H18ClNO2. The number of carbonyl (C=O) groups excluding carboxylic acids is 2. The van der Waals surface area contributed by atoms with Gasteiger partial charge in [0.2, 0.25) is 11.8 Å². The summed E-state index contributed by atoms with van der Waals surface area (Å²) in [4.78, 5) is 28.2. The first kappa shape index (κ1) is 16.5. The molecule has 1 saturated heterocycles. The fourth-order valence-corrected chi connectivity index (χ4v) is 4.90. The Morgan fingerprint density at radius 3 is 2.26 bits per heavy atom. The van der Waals surface area contributed by atoms with Gasteiger partial charge in [0.05, 0.1) is 17.9 Å². The molecule has 27 heavy (non-hydrogen) atoms. The number of nitrogens with zero attached hydrogens (tertiary/aromatic N) is 1. The van der Waals surface area contributed by atoms with E-state index in [2.05, 4.69) is 24.3 Å². The highest BCUT2D eigenvalue weighted by Gasteiger charge is 2.63. The zero-order chi connectivity index (χ0) is 18.6. The molecule has 6 rings (SSSR count). The highest BCUT2D eigenvalue weighted by molar-refractivity contribution is 6.30. The van der Waals surface area contributed by atoms with Gasteiger partial charge in [0, 0.05) is 16.9 Å². The monoisotopic (exact) mass is 375 g/mol. The molecule has 1 spiro atoms. The minimum absolute atomic E-state index is 0.00660. The van der Waals surface area contributed by atoms with Crippen molar-refractivity contribution in [2.75, 3.05) is 0 Å². The van der Waals surface area contributed by atoms with Crippen LogP contribution in [0.3, 0.4) is 0 Å². The Kier molecular flexibility index (Phi) is 3.63. The summed E-state index contributed by atoms with van der Waals surface area (Å²) >= 11 is 5.96. The number of likely N-dealkylation sites (tertiary alicyclic amines) is 1. The zero-order valence-corrected chi connectivity index (χ0v) is 15.3. The Bertz CT molecular complexity index is 963. The van der Waals surface area contributed by atoms with Gasteiger partial charge in [-0.3, -0.25) is 14.5 Å². The first-order chi connectivity index (χ1) is 13.1. The van der Waals surface area contributed by atoms with Crippen molar-refractivity contribution in [3.05, 3.63) is 95.1 Å². The predicted molar refractivity (Wildman–Crippen MR) is 104 cm³/mol. The van der Waals surface area contributed by atoms with Crippen LogP contribution < -0.4 is 0 Å². The van der Waals surface area contributed by atoms with Crippen LogP contribution in [0.15, 0.2) is 78.9 Å². The van der Waals surface area contributed by atoms with E-state index >= 15 is 0 Å². The van der Waals surface area contributed by atoms with Crippen LogP contribution in [0, 0.1) is 17.3 Å². The number of hydrogen-bond donors (Lipinski definition) is 0. The topological polar surface area (TPSA) is 37.4 Å². The number of halogens is 1. The van der Waals surface area contributed by atoms with Crippen LogP contribution in [-0.4, -0.2) is 16.7 Å². The molecule has 0 radical (unpaired) electrons. The largest absolute Gasteiger partial charge is 0.277 e. The van der Waals surface area contributed by atoms with Crippen LogP contribution in [0.1, 0.15) is 17.0 Å². The third-order valence-electron chi connectivity index (χ3n) is 6.06. The summed E-state index contributed by atoms with van der Waals surface area (Å²) in [5.41, 5.74) is 1.16. The van der Waals surface area contributed by atoms with Crippen molar-refractivity contribution >= 4 is 23.4 Å². The Labute approximate surface area is 162 Å². The molecule has 1 aliphatic heterocycles. The molecule has 4 heteroatoms. The van der Waals surface area contributed by atoms with Crippen LogP contribution >= 0.6 is 11.6 Å². The van der Waals surface area contributed by atoms with Gasteiger partial charge in [-0.25, -0.2) is 0 Å². The fourth-order valence-electron chi connectivity index (χ4n) is 4.77. The van der Waals surface area contributed by atoms with Gasteiger partial charge in [-0.1, -0.05) is 78.4 Å². The van der Waals surface area contributed by atoms with E-state index in [0.29, 0.717) is 5.02 Å². The van der Waals surface area contributed by atoms with Crippen molar-refractivity contribution in [2.45, 2.75) is 12.5 Å². The molecule has 0 unspecified atom stereocenters. The van der Waals surface area contributed by atoms with Crippen molar-refractivity contribution in [2.24, 2.45) is 17.3 Å². The normalized spacial score (nSPS) is 30.9. The summed E-state index contributed by atoms with van der Waals surface area (Å²) in [6.45, 7) is 0.279. The maximum absolute atomic E-state index is 13.4. The number of hydrogen-bond acceptors (Lipinski definition) is 2. The summed E-state index contributed by atoms with van der Waals surface area (Å²) in [5.74, 6) is -0.444. The quantitative estimate of drug-likeness (QED) is 0.590. The molecule has 2 aromatic rings. The number of rotatable bonds is 3. The van der Waals surface area contributed by atoms with Gasteiger partial charge in [0.25, 0.3) is 0 Å². The first-order valence-electron chi connectivity index (χ1n) is 9.14. The molecular weight excluding hydrogens is 358 g/mol. The molecule has 0 N–H and O–H groups in total. The lowest BCUT2D eigenvalue weighted by atomic mass is 9.57. The van der Waals surface area contributed by atoms with Crippen molar-refractivity contribution in [3.63, 3.8) is 0 Å². The second-order valence-corrected chi connectivity index (χ2v) is 7.94. The highest BCUT2D eigenvalue weighted by Crippen LogP contribution is 2.57. The molecule has 3 aliphatic carbocycles. The average Bonchev–Trinajstić information content (AvgIpc) is 2.92. The van der Waals surface area contributed by atoms with Crippen molar-refractivity contribution in [1.29, 1.82) is 0 Å². The molecule has 1 fully saturated rings. The number of carbonyl (C=O) groups is 2. The highest BCUT2D eigenvalue weighted by atomic mass is 35.5. The molecule has 2 atom stereocenters. The molecule has 134 valence electrons. The standard InChI is InChI=1S/C23H18ClNO2/c24-18-8-6-15(7-9-18)14-25-21(26)20-19(16-4-2-1-3-5-16)17-10-12-23(20,13-11-17)22(25)27/h1-13,17,19-20H,14H2/t17?,19-,20-,23?/m0/s1. The molecule has 2 amide bonds.